The van der Waals surface area contributed by atoms with Crippen molar-refractivity contribution < 1.29 is 22.9 Å². The normalized spacial score (nSPS) is 17.3. The molecule has 0 aromatic heterocycles. The number of fused-ring (bicyclic) bond motifs is 1. The fourth-order valence-electron chi connectivity index (χ4n) is 4.36. The second kappa shape index (κ2) is 8.51. The van der Waals surface area contributed by atoms with Gasteiger partial charge >= 0.3 is 6.03 Å². The molecule has 5 rings (SSSR count). The number of nitrogens with zero attached hydrogens (tertiary/aromatic N) is 3. The van der Waals surface area contributed by atoms with Crippen molar-refractivity contribution in [2.45, 2.75) is 17.4 Å². The summed E-state index contributed by atoms with van der Waals surface area (Å²) in [6, 6.07) is 17.8. The number of sulfonamides is 1. The van der Waals surface area contributed by atoms with Crippen LogP contribution < -0.4 is 10.2 Å². The van der Waals surface area contributed by atoms with Crippen LogP contribution in [0.3, 0.4) is 0 Å². The van der Waals surface area contributed by atoms with Crippen molar-refractivity contribution in [2.24, 2.45) is 0 Å². The molecule has 0 radical (unpaired) electrons. The number of hydrogen-bond donors (Lipinski definition) is 1. The predicted octanol–water partition coefficient (Wildman–Crippen LogP) is 3.25. The Morgan fingerprint density at radius 1 is 1.03 bits per heavy atom. The number of nitro groups is 1. The van der Waals surface area contributed by atoms with Crippen LogP contribution >= 0.6 is 0 Å². The molecular formula is C24H20N4O6S. The summed E-state index contributed by atoms with van der Waals surface area (Å²) in [6.07, 6.45) is 0.441. The first-order chi connectivity index (χ1) is 16.8. The largest absolute Gasteiger partial charge is 0.331 e. The third-order valence-electron chi connectivity index (χ3n) is 6.18. The van der Waals surface area contributed by atoms with Crippen molar-refractivity contribution in [3.8, 4) is 0 Å². The van der Waals surface area contributed by atoms with Gasteiger partial charge in [0, 0.05) is 29.9 Å². The fourth-order valence-corrected chi connectivity index (χ4v) is 5.76. The molecule has 0 spiro atoms. The van der Waals surface area contributed by atoms with Crippen molar-refractivity contribution in [3.05, 3.63) is 99.6 Å². The van der Waals surface area contributed by atoms with E-state index >= 15 is 0 Å². The lowest BCUT2D eigenvalue weighted by molar-refractivity contribution is -0.384. The Hall–Kier alpha value is -4.25. The molecule has 10 nitrogen and oxygen atoms in total. The van der Waals surface area contributed by atoms with Crippen LogP contribution in [0.5, 0.6) is 0 Å². The first kappa shape index (κ1) is 22.5. The molecule has 3 aromatic carbocycles. The van der Waals surface area contributed by atoms with E-state index in [1.54, 1.807) is 6.07 Å². The average molecular weight is 493 g/mol. The van der Waals surface area contributed by atoms with E-state index in [2.05, 4.69) is 5.32 Å². The number of rotatable bonds is 5. The highest BCUT2D eigenvalue weighted by Crippen LogP contribution is 2.33. The van der Waals surface area contributed by atoms with Crippen LogP contribution in [0.1, 0.15) is 27.5 Å². The molecule has 1 N–H and O–H groups in total. The Kier molecular flexibility index (Phi) is 5.48. The summed E-state index contributed by atoms with van der Waals surface area (Å²) in [5.74, 6) is -0.334. The Bertz CT molecular complexity index is 1440. The molecule has 0 aliphatic carbocycles. The standard InChI is InChI=1S/C24H20N4O6S/c29-23(17-6-8-19(9-7-17)28(31)32)26-13-12-18-14-20(10-11-22(18)26)35(33,34)27-15-21(25-24(27)30)16-4-2-1-3-5-16/h1-11,14,21H,12-13,15H2,(H,25,30)/t21-/m0/s1. The molecule has 3 aromatic rings. The Labute approximate surface area is 201 Å². The van der Waals surface area contributed by atoms with E-state index < -0.39 is 27.0 Å². The minimum atomic E-state index is -4.10. The second-order valence-corrected chi connectivity index (χ2v) is 10.1. The van der Waals surface area contributed by atoms with E-state index in [9.17, 15) is 28.1 Å². The molecule has 35 heavy (non-hydrogen) atoms. The van der Waals surface area contributed by atoms with Gasteiger partial charge in [0.25, 0.3) is 21.6 Å². The molecule has 3 amide bonds. The molecule has 178 valence electrons. The second-order valence-electron chi connectivity index (χ2n) is 8.25. The Morgan fingerprint density at radius 3 is 2.43 bits per heavy atom. The third-order valence-corrected chi connectivity index (χ3v) is 7.92. The monoisotopic (exact) mass is 492 g/mol. The lowest BCUT2D eigenvalue weighted by atomic mass is 10.1. The number of anilines is 1. The lowest BCUT2D eigenvalue weighted by Gasteiger charge is -2.19. The van der Waals surface area contributed by atoms with Crippen LogP contribution in [-0.2, 0) is 16.4 Å². The summed E-state index contributed by atoms with van der Waals surface area (Å²) in [4.78, 5) is 37.3. The molecule has 0 bridgehead atoms. The number of non-ortho nitro benzene ring substituents is 1. The third kappa shape index (κ3) is 3.99. The first-order valence-electron chi connectivity index (χ1n) is 10.8. The van der Waals surface area contributed by atoms with E-state index in [-0.39, 0.29) is 23.0 Å². The molecule has 0 saturated carbocycles. The molecule has 1 saturated heterocycles. The van der Waals surface area contributed by atoms with Gasteiger partial charge in [-0.15, -0.1) is 0 Å². The summed E-state index contributed by atoms with van der Waals surface area (Å²) in [5, 5.41) is 13.6. The lowest BCUT2D eigenvalue weighted by Crippen LogP contribution is -2.34. The Balaban J connectivity index is 1.37. The average Bonchev–Trinajstić information content (AvgIpc) is 3.48. The van der Waals surface area contributed by atoms with Gasteiger partial charge in [0.05, 0.1) is 22.4 Å². The number of nitro benzene ring substituents is 1. The van der Waals surface area contributed by atoms with Crippen LogP contribution in [0.15, 0.2) is 77.7 Å². The van der Waals surface area contributed by atoms with Crippen LogP contribution in [0.2, 0.25) is 0 Å². The maximum atomic E-state index is 13.3. The number of hydrogen-bond acceptors (Lipinski definition) is 6. The van der Waals surface area contributed by atoms with E-state index in [1.165, 1.54) is 41.3 Å². The quantitative estimate of drug-likeness (QED) is 0.430. The van der Waals surface area contributed by atoms with E-state index in [1.807, 2.05) is 30.3 Å². The fraction of sp³-hybridized carbons (Fsp3) is 0.167. The van der Waals surface area contributed by atoms with Crippen LogP contribution in [0, 0.1) is 10.1 Å². The Morgan fingerprint density at radius 2 is 1.74 bits per heavy atom. The molecular weight excluding hydrogens is 472 g/mol. The van der Waals surface area contributed by atoms with Crippen LogP contribution in [0.4, 0.5) is 16.2 Å². The van der Waals surface area contributed by atoms with Crippen molar-refractivity contribution in [1.82, 2.24) is 9.62 Å². The highest BCUT2D eigenvalue weighted by atomic mass is 32.2. The van der Waals surface area contributed by atoms with E-state index in [0.29, 0.717) is 29.8 Å². The van der Waals surface area contributed by atoms with Gasteiger partial charge < -0.3 is 10.2 Å². The molecule has 2 heterocycles. The molecule has 1 fully saturated rings. The van der Waals surface area contributed by atoms with Gasteiger partial charge in [-0.25, -0.2) is 17.5 Å². The zero-order valence-corrected chi connectivity index (χ0v) is 19.1. The SMILES string of the molecule is O=C(c1ccc([N+](=O)[O-])cc1)N1CCc2cc(S(=O)(=O)N3C[C@@H](c4ccccc4)NC3=O)ccc21. The van der Waals surface area contributed by atoms with E-state index in [4.69, 9.17) is 0 Å². The van der Waals surface area contributed by atoms with Gasteiger partial charge in [-0.2, -0.15) is 0 Å². The minimum absolute atomic E-state index is 0.0208. The van der Waals surface area contributed by atoms with Crippen molar-refractivity contribution in [2.75, 3.05) is 18.0 Å². The topological polar surface area (TPSA) is 130 Å². The van der Waals surface area contributed by atoms with Crippen molar-refractivity contribution in [1.29, 1.82) is 0 Å². The van der Waals surface area contributed by atoms with Crippen molar-refractivity contribution in [3.63, 3.8) is 0 Å². The van der Waals surface area contributed by atoms with Gasteiger partial charge in [-0.3, -0.25) is 14.9 Å². The zero-order valence-electron chi connectivity index (χ0n) is 18.3. The highest BCUT2D eigenvalue weighted by molar-refractivity contribution is 7.89. The predicted molar refractivity (Wildman–Crippen MR) is 127 cm³/mol. The van der Waals surface area contributed by atoms with Gasteiger partial charge in [-0.05, 0) is 47.9 Å². The summed E-state index contributed by atoms with van der Waals surface area (Å²) >= 11 is 0. The summed E-state index contributed by atoms with van der Waals surface area (Å²) in [6.45, 7) is 0.321. The minimum Gasteiger partial charge on any atom is -0.328 e. The van der Waals surface area contributed by atoms with Crippen LogP contribution in [0.25, 0.3) is 0 Å². The number of urea groups is 1. The first-order valence-corrected chi connectivity index (χ1v) is 12.3. The van der Waals surface area contributed by atoms with Gasteiger partial charge in [0.2, 0.25) is 0 Å². The molecule has 1 atom stereocenters. The van der Waals surface area contributed by atoms with Gasteiger partial charge in [0.15, 0.2) is 0 Å². The maximum absolute atomic E-state index is 13.3. The van der Waals surface area contributed by atoms with Gasteiger partial charge in [0.1, 0.15) is 0 Å². The number of amides is 3. The molecule has 11 heteroatoms. The van der Waals surface area contributed by atoms with Gasteiger partial charge in [-0.1, -0.05) is 30.3 Å². The summed E-state index contributed by atoms with van der Waals surface area (Å²) in [7, 11) is -4.10. The smallest absolute Gasteiger partial charge is 0.328 e. The zero-order chi connectivity index (χ0) is 24.7. The summed E-state index contributed by atoms with van der Waals surface area (Å²) in [5.41, 5.74) is 2.23. The summed E-state index contributed by atoms with van der Waals surface area (Å²) < 4.78 is 27.4. The number of carbonyl (C=O) groups is 2. The number of benzene rings is 3. The molecule has 2 aliphatic heterocycles. The van der Waals surface area contributed by atoms with Crippen molar-refractivity contribution >= 4 is 33.3 Å². The van der Waals surface area contributed by atoms with E-state index in [0.717, 1.165) is 9.87 Å². The molecule has 2 aliphatic rings. The number of carbonyl (C=O) groups excluding carboxylic acids is 2. The van der Waals surface area contributed by atoms with Crippen LogP contribution in [-0.4, -0.2) is 42.7 Å². The molecule has 0 unspecified atom stereocenters. The number of nitrogens with one attached hydrogen (secondary N) is 1. The maximum Gasteiger partial charge on any atom is 0.331 e. The highest BCUT2D eigenvalue weighted by Gasteiger charge is 2.39.